The van der Waals surface area contributed by atoms with Gasteiger partial charge in [-0.3, -0.25) is 0 Å². The van der Waals surface area contributed by atoms with Crippen molar-refractivity contribution in [1.82, 2.24) is 13.9 Å². The predicted octanol–water partition coefficient (Wildman–Crippen LogP) is -0.492. The summed E-state index contributed by atoms with van der Waals surface area (Å²) >= 11 is 0. The monoisotopic (exact) mass is 243 g/mol. The Hall–Kier alpha value is 0.120. The van der Waals surface area contributed by atoms with Crippen LogP contribution < -0.4 is 5.32 Å². The quantitative estimate of drug-likeness (QED) is 0.712. The van der Waals surface area contributed by atoms with Gasteiger partial charge < -0.3 is 5.32 Å². The number of nitrogens with zero attached hydrogens (tertiary/aromatic N) is 2. The molecule has 1 saturated heterocycles. The van der Waals surface area contributed by atoms with Crippen molar-refractivity contribution in [3.63, 3.8) is 0 Å². The van der Waals surface area contributed by atoms with E-state index in [1.165, 1.54) is 8.61 Å². The lowest BCUT2D eigenvalue weighted by Crippen LogP contribution is -2.53. The Kier molecular flexibility index (Phi) is 5.32. The molecule has 5 nitrogen and oxygen atoms in total. The normalized spacial score (nSPS) is 24.7. The van der Waals surface area contributed by atoms with Gasteiger partial charge in [-0.05, 0) is 6.92 Å². The second kappa shape index (κ2) is 5.27. The number of hydrogen-bond acceptors (Lipinski definition) is 3. The highest BCUT2D eigenvalue weighted by molar-refractivity contribution is 7.86. The summed E-state index contributed by atoms with van der Waals surface area (Å²) in [6.45, 7) is 3.83. The fourth-order valence-corrected chi connectivity index (χ4v) is 2.53. The summed E-state index contributed by atoms with van der Waals surface area (Å²) in [7, 11) is -0.0911. The third kappa shape index (κ3) is 3.06. The van der Waals surface area contributed by atoms with Gasteiger partial charge in [0, 0.05) is 39.8 Å². The molecule has 0 unspecified atom stereocenters. The molecule has 7 heteroatoms. The summed E-state index contributed by atoms with van der Waals surface area (Å²) in [5.41, 5.74) is 0. The van der Waals surface area contributed by atoms with E-state index in [0.29, 0.717) is 13.1 Å². The molecule has 0 bridgehead atoms. The molecule has 1 N–H and O–H groups in total. The first-order chi connectivity index (χ1) is 5.94. The Morgan fingerprint density at radius 3 is 2.43 bits per heavy atom. The third-order valence-corrected chi connectivity index (χ3v) is 4.03. The summed E-state index contributed by atoms with van der Waals surface area (Å²) in [5.74, 6) is 0. The molecule has 1 aliphatic heterocycles. The molecule has 0 aromatic heterocycles. The van der Waals surface area contributed by atoms with Crippen LogP contribution in [-0.4, -0.2) is 56.8 Å². The molecule has 1 atom stereocenters. The zero-order valence-corrected chi connectivity index (χ0v) is 10.4. The van der Waals surface area contributed by atoms with E-state index < -0.39 is 10.2 Å². The number of hydrogen-bond donors (Lipinski definition) is 1. The summed E-state index contributed by atoms with van der Waals surface area (Å²) in [4.78, 5) is 0. The Morgan fingerprint density at radius 2 is 2.00 bits per heavy atom. The molecule has 14 heavy (non-hydrogen) atoms. The van der Waals surface area contributed by atoms with Crippen LogP contribution in [-0.2, 0) is 10.2 Å². The van der Waals surface area contributed by atoms with Crippen LogP contribution in [0.25, 0.3) is 0 Å². The van der Waals surface area contributed by atoms with Gasteiger partial charge in [0.2, 0.25) is 0 Å². The van der Waals surface area contributed by atoms with E-state index in [1.54, 1.807) is 14.1 Å². The van der Waals surface area contributed by atoms with E-state index in [4.69, 9.17) is 0 Å². The van der Waals surface area contributed by atoms with Crippen molar-refractivity contribution in [3.05, 3.63) is 0 Å². The highest BCUT2D eigenvalue weighted by atomic mass is 35.5. The summed E-state index contributed by atoms with van der Waals surface area (Å²) in [6, 6.07) is 0.239. The van der Waals surface area contributed by atoms with Gasteiger partial charge >= 0.3 is 0 Å². The smallest absolute Gasteiger partial charge is 0.281 e. The Morgan fingerprint density at radius 1 is 1.43 bits per heavy atom. The van der Waals surface area contributed by atoms with Gasteiger partial charge in [0.05, 0.1) is 0 Å². The van der Waals surface area contributed by atoms with Gasteiger partial charge in [0.15, 0.2) is 0 Å². The summed E-state index contributed by atoms with van der Waals surface area (Å²) in [6.07, 6.45) is 0. The predicted molar refractivity (Wildman–Crippen MR) is 58.9 cm³/mol. The van der Waals surface area contributed by atoms with Crippen molar-refractivity contribution in [2.75, 3.05) is 33.7 Å². The molecular weight excluding hydrogens is 226 g/mol. The second-order valence-electron chi connectivity index (χ2n) is 3.50. The first-order valence-corrected chi connectivity index (χ1v) is 5.75. The van der Waals surface area contributed by atoms with Crippen molar-refractivity contribution < 1.29 is 8.42 Å². The molecule has 86 valence electrons. The standard InChI is InChI=1S/C7H17N3O2S.ClH/c1-7-6-10(5-4-8-7)13(11,12)9(2)3;/h7-8H,4-6H2,1-3H3;1H/t7-;/m0./s1. The first kappa shape index (κ1) is 14.1. The Balaban J connectivity index is 0.00000169. The average Bonchev–Trinajstić information content (AvgIpc) is 2.04. The lowest BCUT2D eigenvalue weighted by Gasteiger charge is -2.32. The van der Waals surface area contributed by atoms with Crippen molar-refractivity contribution >= 4 is 22.6 Å². The molecule has 1 heterocycles. The minimum absolute atomic E-state index is 0. The second-order valence-corrected chi connectivity index (χ2v) is 5.65. The molecular formula is C7H18ClN3O2S. The zero-order valence-electron chi connectivity index (χ0n) is 8.73. The van der Waals surface area contributed by atoms with Gasteiger partial charge in [0.25, 0.3) is 10.2 Å². The van der Waals surface area contributed by atoms with Crippen molar-refractivity contribution in [1.29, 1.82) is 0 Å². The SMILES string of the molecule is C[C@H]1CN(S(=O)(=O)N(C)C)CCN1.Cl. The van der Waals surface area contributed by atoms with Gasteiger partial charge in [-0.15, -0.1) is 12.4 Å². The van der Waals surface area contributed by atoms with Crippen LogP contribution in [0.2, 0.25) is 0 Å². The summed E-state index contributed by atoms with van der Waals surface area (Å²) < 4.78 is 26.1. The maximum absolute atomic E-state index is 11.7. The minimum Gasteiger partial charge on any atom is -0.312 e. The van der Waals surface area contributed by atoms with Gasteiger partial charge in [0.1, 0.15) is 0 Å². The molecule has 0 aromatic rings. The zero-order chi connectivity index (χ0) is 10.1. The number of piperazine rings is 1. The van der Waals surface area contributed by atoms with Crippen LogP contribution in [0, 0.1) is 0 Å². The van der Waals surface area contributed by atoms with Gasteiger partial charge in [-0.1, -0.05) is 0 Å². The van der Waals surface area contributed by atoms with E-state index in [2.05, 4.69) is 5.32 Å². The van der Waals surface area contributed by atoms with E-state index in [1.807, 2.05) is 6.92 Å². The fraction of sp³-hybridized carbons (Fsp3) is 1.00. The maximum Gasteiger partial charge on any atom is 0.281 e. The fourth-order valence-electron chi connectivity index (χ4n) is 1.34. The topological polar surface area (TPSA) is 52.7 Å². The van der Waals surface area contributed by atoms with Crippen molar-refractivity contribution in [3.8, 4) is 0 Å². The average molecular weight is 244 g/mol. The Bertz CT molecular complexity index is 268. The van der Waals surface area contributed by atoms with Crippen molar-refractivity contribution in [2.45, 2.75) is 13.0 Å². The van der Waals surface area contributed by atoms with E-state index >= 15 is 0 Å². The lowest BCUT2D eigenvalue weighted by molar-refractivity contribution is 0.294. The van der Waals surface area contributed by atoms with E-state index in [0.717, 1.165) is 6.54 Å². The molecule has 0 aliphatic carbocycles. The molecule has 0 spiro atoms. The largest absolute Gasteiger partial charge is 0.312 e. The molecule has 1 aliphatic rings. The van der Waals surface area contributed by atoms with E-state index in [-0.39, 0.29) is 18.4 Å². The Labute approximate surface area is 92.0 Å². The van der Waals surface area contributed by atoms with Crippen LogP contribution in [0.1, 0.15) is 6.92 Å². The van der Waals surface area contributed by atoms with Crippen LogP contribution >= 0.6 is 12.4 Å². The first-order valence-electron chi connectivity index (χ1n) is 4.35. The number of rotatable bonds is 2. The van der Waals surface area contributed by atoms with Crippen LogP contribution in [0.3, 0.4) is 0 Å². The van der Waals surface area contributed by atoms with E-state index in [9.17, 15) is 8.42 Å². The highest BCUT2D eigenvalue weighted by Crippen LogP contribution is 2.07. The van der Waals surface area contributed by atoms with Crippen LogP contribution in [0.5, 0.6) is 0 Å². The number of halogens is 1. The molecule has 0 saturated carbocycles. The van der Waals surface area contributed by atoms with Crippen LogP contribution in [0.4, 0.5) is 0 Å². The highest BCUT2D eigenvalue weighted by Gasteiger charge is 2.28. The molecule has 0 aromatic carbocycles. The maximum atomic E-state index is 11.7. The molecule has 1 fully saturated rings. The minimum atomic E-state index is -3.21. The molecule has 0 radical (unpaired) electrons. The third-order valence-electron chi connectivity index (χ3n) is 2.12. The lowest BCUT2D eigenvalue weighted by atomic mass is 10.3. The summed E-state index contributed by atoms with van der Waals surface area (Å²) in [5, 5.41) is 3.20. The molecule has 0 amide bonds. The van der Waals surface area contributed by atoms with Gasteiger partial charge in [-0.2, -0.15) is 17.0 Å². The molecule has 1 rings (SSSR count). The van der Waals surface area contributed by atoms with Crippen LogP contribution in [0.15, 0.2) is 0 Å². The van der Waals surface area contributed by atoms with Gasteiger partial charge in [-0.25, -0.2) is 0 Å². The van der Waals surface area contributed by atoms with Crippen molar-refractivity contribution in [2.24, 2.45) is 0 Å². The number of nitrogens with one attached hydrogen (secondary N) is 1.